The Morgan fingerprint density at radius 1 is 0.667 bits per heavy atom. The van der Waals surface area contributed by atoms with E-state index in [1.54, 1.807) is 0 Å². The molecule has 0 saturated heterocycles. The molecule has 24 heavy (non-hydrogen) atoms. The zero-order valence-corrected chi connectivity index (χ0v) is 15.2. The van der Waals surface area contributed by atoms with Gasteiger partial charge < -0.3 is 5.11 Å². The van der Waals surface area contributed by atoms with Gasteiger partial charge in [0, 0.05) is 6.42 Å². The summed E-state index contributed by atoms with van der Waals surface area (Å²) in [6.07, 6.45) is 31.4. The second kappa shape index (κ2) is 19.2. The van der Waals surface area contributed by atoms with Gasteiger partial charge in [0.15, 0.2) is 0 Å². The molecule has 2 heteroatoms. The summed E-state index contributed by atoms with van der Waals surface area (Å²) in [5.74, 6) is -0.736. The minimum Gasteiger partial charge on any atom is -0.481 e. The fourth-order valence-corrected chi connectivity index (χ4v) is 2.06. The minimum atomic E-state index is -0.736. The van der Waals surface area contributed by atoms with Crippen molar-refractivity contribution >= 4 is 5.97 Å². The maximum absolute atomic E-state index is 10.3. The molecule has 0 aliphatic carbocycles. The summed E-state index contributed by atoms with van der Waals surface area (Å²) in [7, 11) is 0. The van der Waals surface area contributed by atoms with Crippen molar-refractivity contribution in [1.29, 1.82) is 0 Å². The summed E-state index contributed by atoms with van der Waals surface area (Å²) in [5, 5.41) is 8.50. The molecule has 134 valence electrons. The van der Waals surface area contributed by atoms with E-state index in [-0.39, 0.29) is 6.42 Å². The molecule has 0 amide bonds. The lowest BCUT2D eigenvalue weighted by Gasteiger charge is -1.93. The van der Waals surface area contributed by atoms with Gasteiger partial charge in [-0.25, -0.2) is 0 Å². The first-order valence-corrected chi connectivity index (χ1v) is 9.24. The first-order chi connectivity index (χ1) is 11.8. The van der Waals surface area contributed by atoms with Crippen LogP contribution in [0, 0.1) is 0 Å². The Morgan fingerprint density at radius 3 is 1.54 bits per heavy atom. The normalized spacial score (nSPS) is 12.7. The van der Waals surface area contributed by atoms with E-state index in [1.807, 2.05) is 12.2 Å². The van der Waals surface area contributed by atoms with Gasteiger partial charge in [0.25, 0.3) is 0 Å². The highest BCUT2D eigenvalue weighted by atomic mass is 16.4. The molecule has 0 spiro atoms. The molecule has 0 unspecified atom stereocenters. The zero-order valence-electron chi connectivity index (χ0n) is 15.2. The second-order valence-electron chi connectivity index (χ2n) is 5.69. The van der Waals surface area contributed by atoms with Gasteiger partial charge in [-0.2, -0.15) is 0 Å². The number of carboxylic acids is 1. The van der Waals surface area contributed by atoms with Crippen LogP contribution in [0.5, 0.6) is 0 Å². The highest BCUT2D eigenvalue weighted by Crippen LogP contribution is 2.03. The topological polar surface area (TPSA) is 37.3 Å². The second-order valence-corrected chi connectivity index (χ2v) is 5.69. The summed E-state index contributed by atoms with van der Waals surface area (Å²) in [6.45, 7) is 2.16. The van der Waals surface area contributed by atoms with Gasteiger partial charge in [0.05, 0.1) is 0 Å². The lowest BCUT2D eigenvalue weighted by molar-refractivity contribution is -0.136. The molecule has 0 radical (unpaired) electrons. The van der Waals surface area contributed by atoms with E-state index in [4.69, 9.17) is 5.11 Å². The quantitative estimate of drug-likeness (QED) is 0.265. The molecule has 0 aliphatic heterocycles. The molecule has 0 aliphatic rings. The van der Waals surface area contributed by atoms with Gasteiger partial charge in [-0.3, -0.25) is 4.79 Å². The Hall–Kier alpha value is -1.83. The van der Waals surface area contributed by atoms with E-state index in [1.165, 1.54) is 19.3 Å². The first-order valence-electron chi connectivity index (χ1n) is 9.24. The third-order valence-electron chi connectivity index (χ3n) is 3.40. The predicted octanol–water partition coefficient (Wildman–Crippen LogP) is 6.77. The van der Waals surface area contributed by atoms with Crippen molar-refractivity contribution in [3.63, 3.8) is 0 Å². The average molecular weight is 331 g/mol. The lowest BCUT2D eigenvalue weighted by Crippen LogP contribution is -1.91. The van der Waals surface area contributed by atoms with E-state index < -0.39 is 5.97 Å². The maximum atomic E-state index is 10.3. The monoisotopic (exact) mass is 330 g/mol. The van der Waals surface area contributed by atoms with Crippen LogP contribution in [0.4, 0.5) is 0 Å². The minimum absolute atomic E-state index is 0.217. The standard InChI is InChI=1S/C22H34O2/c1-2-3-4-5-6-7-8-9-10-11-12-13-14-15-16-17-18-19-20-21-22(23)24/h3-4,6-7,12-13,15-16,18-19H,2,5,8-11,14,17,20-21H2,1H3,(H,23,24)/b4-3+,7-6+,13-12+,16-15+,19-18+. The summed E-state index contributed by atoms with van der Waals surface area (Å²) >= 11 is 0. The van der Waals surface area contributed by atoms with E-state index in [2.05, 4.69) is 55.5 Å². The molecule has 2 nitrogen and oxygen atoms in total. The van der Waals surface area contributed by atoms with Crippen LogP contribution < -0.4 is 0 Å². The van der Waals surface area contributed by atoms with E-state index >= 15 is 0 Å². The van der Waals surface area contributed by atoms with Crippen molar-refractivity contribution in [2.45, 2.75) is 71.1 Å². The molecule has 0 saturated carbocycles. The SMILES string of the molecule is CC/C=C/C/C=C/CCCC/C=C/C/C=C/C/C=C/CCC(=O)O. The van der Waals surface area contributed by atoms with Crippen LogP contribution in [-0.2, 0) is 4.79 Å². The molecule has 0 atom stereocenters. The third kappa shape index (κ3) is 20.2. The van der Waals surface area contributed by atoms with E-state index in [9.17, 15) is 4.79 Å². The summed E-state index contributed by atoms with van der Waals surface area (Å²) in [6, 6.07) is 0. The molecule has 0 fully saturated rings. The lowest BCUT2D eigenvalue weighted by atomic mass is 10.1. The number of carbonyl (C=O) groups is 1. The van der Waals surface area contributed by atoms with Crippen molar-refractivity contribution in [2.24, 2.45) is 0 Å². The van der Waals surface area contributed by atoms with Crippen LogP contribution >= 0.6 is 0 Å². The predicted molar refractivity (Wildman–Crippen MR) is 105 cm³/mol. The largest absolute Gasteiger partial charge is 0.481 e. The number of allylic oxidation sites excluding steroid dienone is 10. The van der Waals surface area contributed by atoms with Crippen molar-refractivity contribution in [3.05, 3.63) is 60.8 Å². The van der Waals surface area contributed by atoms with Crippen molar-refractivity contribution in [2.75, 3.05) is 0 Å². The highest BCUT2D eigenvalue weighted by molar-refractivity contribution is 5.66. The molecule has 1 N–H and O–H groups in total. The first kappa shape index (κ1) is 22.2. The summed E-state index contributed by atoms with van der Waals surface area (Å²) in [4.78, 5) is 10.3. The van der Waals surface area contributed by atoms with Crippen molar-refractivity contribution < 1.29 is 9.90 Å². The van der Waals surface area contributed by atoms with Crippen LogP contribution in [0.25, 0.3) is 0 Å². The van der Waals surface area contributed by atoms with E-state index in [0.717, 1.165) is 32.1 Å². The Bertz CT molecular complexity index is 425. The Kier molecular flexibility index (Phi) is 17.8. The van der Waals surface area contributed by atoms with Gasteiger partial charge in [0.1, 0.15) is 0 Å². The Morgan fingerprint density at radius 2 is 1.08 bits per heavy atom. The molecular formula is C22H34O2. The Balaban J connectivity index is 3.39. The summed E-state index contributed by atoms with van der Waals surface area (Å²) in [5.41, 5.74) is 0. The molecule has 0 bridgehead atoms. The fourth-order valence-electron chi connectivity index (χ4n) is 2.06. The molecular weight excluding hydrogens is 296 g/mol. The number of hydrogen-bond acceptors (Lipinski definition) is 1. The number of hydrogen-bond donors (Lipinski definition) is 1. The number of aliphatic carboxylic acids is 1. The van der Waals surface area contributed by atoms with Crippen LogP contribution in [0.15, 0.2) is 60.8 Å². The van der Waals surface area contributed by atoms with E-state index in [0.29, 0.717) is 6.42 Å². The molecule has 0 rings (SSSR count). The van der Waals surface area contributed by atoms with Gasteiger partial charge >= 0.3 is 5.97 Å². The zero-order chi connectivity index (χ0) is 17.7. The van der Waals surface area contributed by atoms with Crippen molar-refractivity contribution in [3.8, 4) is 0 Å². The Labute approximate surface area is 148 Å². The molecule has 0 heterocycles. The summed E-state index contributed by atoms with van der Waals surface area (Å²) < 4.78 is 0. The smallest absolute Gasteiger partial charge is 0.303 e. The maximum Gasteiger partial charge on any atom is 0.303 e. The fraction of sp³-hybridized carbons (Fsp3) is 0.500. The van der Waals surface area contributed by atoms with Crippen LogP contribution in [0.2, 0.25) is 0 Å². The third-order valence-corrected chi connectivity index (χ3v) is 3.40. The molecule has 0 aromatic heterocycles. The molecule has 0 aromatic rings. The van der Waals surface area contributed by atoms with Crippen molar-refractivity contribution in [1.82, 2.24) is 0 Å². The van der Waals surface area contributed by atoms with Gasteiger partial charge in [-0.1, -0.05) is 67.7 Å². The molecule has 0 aromatic carbocycles. The van der Waals surface area contributed by atoms with Gasteiger partial charge in [0.2, 0.25) is 0 Å². The van der Waals surface area contributed by atoms with Crippen LogP contribution in [0.1, 0.15) is 71.1 Å². The van der Waals surface area contributed by atoms with Gasteiger partial charge in [-0.15, -0.1) is 0 Å². The number of unbranched alkanes of at least 4 members (excludes halogenated alkanes) is 3. The van der Waals surface area contributed by atoms with Gasteiger partial charge in [-0.05, 0) is 57.8 Å². The number of rotatable bonds is 15. The average Bonchev–Trinajstić information content (AvgIpc) is 2.56. The highest BCUT2D eigenvalue weighted by Gasteiger charge is 1.90. The van der Waals surface area contributed by atoms with Crippen LogP contribution in [0.3, 0.4) is 0 Å². The number of carboxylic acid groups (broad SMARTS) is 1. The van der Waals surface area contributed by atoms with Crippen LogP contribution in [-0.4, -0.2) is 11.1 Å².